The fraction of sp³-hybridized carbons (Fsp3) is 0.875. The predicted molar refractivity (Wildman–Crippen MR) is 55.5 cm³/mol. The summed E-state index contributed by atoms with van der Waals surface area (Å²) < 4.78 is 5.88. The van der Waals surface area contributed by atoms with Crippen LogP contribution in [0.5, 0.6) is 0 Å². The van der Waals surface area contributed by atoms with E-state index in [2.05, 4.69) is 22.6 Å². The molecule has 4 heteroatoms. The van der Waals surface area contributed by atoms with Gasteiger partial charge in [-0.2, -0.15) is 0 Å². The zero-order chi connectivity index (χ0) is 9.14. The van der Waals surface area contributed by atoms with Crippen LogP contribution in [0.4, 0.5) is 0 Å². The molecule has 1 heterocycles. The van der Waals surface area contributed by atoms with Gasteiger partial charge >= 0.3 is 0 Å². The molecule has 1 aliphatic heterocycles. The van der Waals surface area contributed by atoms with Crippen molar-refractivity contribution in [3.05, 3.63) is 0 Å². The first-order valence-electron chi connectivity index (χ1n) is 4.11. The number of ether oxygens (including phenoxy) is 1. The Labute approximate surface area is 86.6 Å². The van der Waals surface area contributed by atoms with Gasteiger partial charge in [0.2, 0.25) is 5.91 Å². The summed E-state index contributed by atoms with van der Waals surface area (Å²) in [4.78, 5) is 13.4. The van der Waals surface area contributed by atoms with Crippen LogP contribution in [0, 0.1) is 0 Å². The summed E-state index contributed by atoms with van der Waals surface area (Å²) in [6, 6.07) is 0.465. The summed E-state index contributed by atoms with van der Waals surface area (Å²) in [5.41, 5.74) is 0. The Balaban J connectivity index is 2.62. The van der Waals surface area contributed by atoms with Crippen molar-refractivity contribution in [1.29, 1.82) is 0 Å². The molecule has 0 aromatic rings. The van der Waals surface area contributed by atoms with E-state index in [0.29, 0.717) is 17.6 Å². The van der Waals surface area contributed by atoms with Gasteiger partial charge in [-0.3, -0.25) is 4.79 Å². The number of nitrogens with zero attached hydrogens (tertiary/aromatic N) is 1. The number of hydrogen-bond donors (Lipinski definition) is 0. The van der Waals surface area contributed by atoms with Crippen molar-refractivity contribution in [1.82, 2.24) is 4.90 Å². The Morgan fingerprint density at radius 2 is 2.00 bits per heavy atom. The second-order valence-corrected chi connectivity index (χ2v) is 3.93. The SMILES string of the molecule is CC1COCC(C)N1C(=O)CI. The number of amides is 1. The van der Waals surface area contributed by atoms with Crippen LogP contribution in [0.25, 0.3) is 0 Å². The quantitative estimate of drug-likeness (QED) is 0.532. The zero-order valence-electron chi connectivity index (χ0n) is 7.42. The second-order valence-electron chi connectivity index (χ2n) is 3.17. The number of carbonyl (C=O) groups excluding carboxylic acids is 1. The lowest BCUT2D eigenvalue weighted by atomic mass is 10.2. The van der Waals surface area contributed by atoms with E-state index >= 15 is 0 Å². The molecule has 0 aliphatic carbocycles. The van der Waals surface area contributed by atoms with Crippen LogP contribution in [0.15, 0.2) is 0 Å². The smallest absolute Gasteiger partial charge is 0.233 e. The van der Waals surface area contributed by atoms with E-state index in [-0.39, 0.29) is 18.0 Å². The standard InChI is InChI=1S/C8H14INO2/c1-6-4-12-5-7(2)10(6)8(11)3-9/h6-7H,3-5H2,1-2H3. The number of halogens is 1. The normalized spacial score (nSPS) is 30.4. The molecule has 1 aliphatic rings. The molecular weight excluding hydrogens is 269 g/mol. The maximum Gasteiger partial charge on any atom is 0.233 e. The van der Waals surface area contributed by atoms with E-state index < -0.39 is 0 Å². The van der Waals surface area contributed by atoms with Crippen LogP contribution >= 0.6 is 22.6 Å². The highest BCUT2D eigenvalue weighted by Crippen LogP contribution is 2.13. The summed E-state index contributed by atoms with van der Waals surface area (Å²) in [5.74, 6) is 0.221. The highest BCUT2D eigenvalue weighted by molar-refractivity contribution is 14.1. The van der Waals surface area contributed by atoms with E-state index in [9.17, 15) is 4.79 Å². The minimum Gasteiger partial charge on any atom is -0.377 e. The lowest BCUT2D eigenvalue weighted by Crippen LogP contribution is -2.52. The van der Waals surface area contributed by atoms with Gasteiger partial charge < -0.3 is 9.64 Å². The molecule has 70 valence electrons. The summed E-state index contributed by atoms with van der Waals surface area (Å²) in [6.45, 7) is 5.40. The average molecular weight is 283 g/mol. The largest absolute Gasteiger partial charge is 0.377 e. The van der Waals surface area contributed by atoms with Gasteiger partial charge in [0.1, 0.15) is 0 Å². The first-order chi connectivity index (χ1) is 5.66. The minimum absolute atomic E-state index is 0.221. The maximum atomic E-state index is 11.5. The van der Waals surface area contributed by atoms with Gasteiger partial charge in [0.05, 0.1) is 29.7 Å². The molecule has 2 unspecified atom stereocenters. The van der Waals surface area contributed by atoms with Crippen LogP contribution in [-0.2, 0) is 9.53 Å². The second kappa shape index (κ2) is 4.41. The Kier molecular flexibility index (Phi) is 3.77. The lowest BCUT2D eigenvalue weighted by Gasteiger charge is -2.38. The average Bonchev–Trinajstić information content (AvgIpc) is 2.03. The van der Waals surface area contributed by atoms with Crippen LogP contribution in [0.2, 0.25) is 0 Å². The van der Waals surface area contributed by atoms with E-state index in [1.165, 1.54) is 0 Å². The number of alkyl halides is 1. The molecular formula is C8H14INO2. The van der Waals surface area contributed by atoms with Crippen molar-refractivity contribution in [3.63, 3.8) is 0 Å². The summed E-state index contributed by atoms with van der Waals surface area (Å²) in [6.07, 6.45) is 0. The maximum absolute atomic E-state index is 11.5. The number of hydrogen-bond acceptors (Lipinski definition) is 2. The van der Waals surface area contributed by atoms with E-state index in [4.69, 9.17) is 4.74 Å². The Hall–Kier alpha value is 0.160. The van der Waals surface area contributed by atoms with Gasteiger partial charge in [0.15, 0.2) is 0 Å². The first kappa shape index (κ1) is 10.2. The molecule has 0 aromatic heterocycles. The molecule has 3 nitrogen and oxygen atoms in total. The van der Waals surface area contributed by atoms with Crippen LogP contribution in [-0.4, -0.2) is 40.5 Å². The third kappa shape index (κ3) is 2.10. The molecule has 1 rings (SSSR count). The van der Waals surface area contributed by atoms with Gasteiger partial charge in [-0.25, -0.2) is 0 Å². The topological polar surface area (TPSA) is 29.5 Å². The fourth-order valence-corrected chi connectivity index (χ4v) is 1.96. The van der Waals surface area contributed by atoms with Crippen molar-refractivity contribution in [2.24, 2.45) is 0 Å². The van der Waals surface area contributed by atoms with Crippen molar-refractivity contribution in [2.45, 2.75) is 25.9 Å². The summed E-state index contributed by atoms with van der Waals surface area (Å²) >= 11 is 2.10. The van der Waals surface area contributed by atoms with Crippen LogP contribution in [0.1, 0.15) is 13.8 Å². The Morgan fingerprint density at radius 1 is 1.50 bits per heavy atom. The lowest BCUT2D eigenvalue weighted by molar-refractivity contribution is -0.140. The zero-order valence-corrected chi connectivity index (χ0v) is 9.58. The molecule has 0 spiro atoms. The summed E-state index contributed by atoms with van der Waals surface area (Å²) in [5, 5.41) is 0. The van der Waals surface area contributed by atoms with Gasteiger partial charge in [0, 0.05) is 0 Å². The van der Waals surface area contributed by atoms with Crippen molar-refractivity contribution in [2.75, 3.05) is 17.6 Å². The molecule has 1 amide bonds. The Bertz CT molecular complexity index is 164. The number of morpholine rings is 1. The minimum atomic E-state index is 0.221. The molecule has 12 heavy (non-hydrogen) atoms. The molecule has 0 radical (unpaired) electrons. The highest BCUT2D eigenvalue weighted by Gasteiger charge is 2.28. The Morgan fingerprint density at radius 3 is 2.42 bits per heavy atom. The first-order valence-corrected chi connectivity index (χ1v) is 5.64. The van der Waals surface area contributed by atoms with Crippen LogP contribution in [0.3, 0.4) is 0 Å². The van der Waals surface area contributed by atoms with Crippen molar-refractivity contribution >= 4 is 28.5 Å². The summed E-state index contributed by atoms with van der Waals surface area (Å²) in [7, 11) is 0. The van der Waals surface area contributed by atoms with Gasteiger partial charge in [-0.05, 0) is 13.8 Å². The van der Waals surface area contributed by atoms with Crippen molar-refractivity contribution < 1.29 is 9.53 Å². The number of carbonyl (C=O) groups is 1. The molecule has 0 aromatic carbocycles. The molecule has 1 fully saturated rings. The molecule has 2 atom stereocenters. The predicted octanol–water partition coefficient (Wildman–Crippen LogP) is 1.06. The van der Waals surface area contributed by atoms with Gasteiger partial charge in [0.25, 0.3) is 0 Å². The van der Waals surface area contributed by atoms with Crippen molar-refractivity contribution in [3.8, 4) is 0 Å². The fourth-order valence-electron chi connectivity index (χ4n) is 1.56. The number of rotatable bonds is 1. The van der Waals surface area contributed by atoms with Gasteiger partial charge in [-0.1, -0.05) is 22.6 Å². The van der Waals surface area contributed by atoms with E-state index in [1.54, 1.807) is 0 Å². The molecule has 0 N–H and O–H groups in total. The third-order valence-corrected chi connectivity index (χ3v) is 2.72. The monoisotopic (exact) mass is 283 g/mol. The van der Waals surface area contributed by atoms with E-state index in [1.807, 2.05) is 18.7 Å². The molecule has 0 bridgehead atoms. The van der Waals surface area contributed by atoms with E-state index in [0.717, 1.165) is 0 Å². The third-order valence-electron chi connectivity index (χ3n) is 2.07. The molecule has 1 saturated heterocycles. The molecule has 0 saturated carbocycles. The van der Waals surface area contributed by atoms with Crippen LogP contribution < -0.4 is 0 Å². The highest BCUT2D eigenvalue weighted by atomic mass is 127. The van der Waals surface area contributed by atoms with Gasteiger partial charge in [-0.15, -0.1) is 0 Å².